The molecule has 1 unspecified atom stereocenters. The molecule has 0 aliphatic carbocycles. The Morgan fingerprint density at radius 3 is 2.42 bits per heavy atom. The molecule has 1 atom stereocenters. The fraction of sp³-hybridized carbons (Fsp3) is 0.370. The number of nitrogens with one attached hydrogen (secondary N) is 2. The van der Waals surface area contributed by atoms with Gasteiger partial charge in [0.25, 0.3) is 11.8 Å². The third-order valence-electron chi connectivity index (χ3n) is 7.07. The number of aromatic amines is 1. The molecule has 2 amide bonds. The van der Waals surface area contributed by atoms with Crippen LogP contribution in [0.25, 0.3) is 0 Å². The fourth-order valence-corrected chi connectivity index (χ4v) is 4.90. The highest BCUT2D eigenvalue weighted by Gasteiger charge is 2.33. The van der Waals surface area contributed by atoms with E-state index in [-0.39, 0.29) is 11.8 Å². The van der Waals surface area contributed by atoms with Crippen molar-refractivity contribution in [2.24, 2.45) is 0 Å². The molecule has 9 heteroatoms. The normalized spacial score (nSPS) is 16.6. The Kier molecular flexibility index (Phi) is 7.02. The van der Waals surface area contributed by atoms with Gasteiger partial charge in [0, 0.05) is 50.1 Å². The molecule has 2 N–H and O–H groups in total. The smallest absolute Gasteiger partial charge is 0.256 e. The second kappa shape index (κ2) is 10.5. The third-order valence-corrected chi connectivity index (χ3v) is 7.07. The lowest BCUT2D eigenvalue weighted by atomic mass is 10.1. The topological polar surface area (TPSA) is 93.8 Å². The molecule has 9 nitrogen and oxygen atoms in total. The van der Waals surface area contributed by atoms with Crippen molar-refractivity contribution in [3.63, 3.8) is 0 Å². The number of ether oxygens (including phenoxy) is 1. The van der Waals surface area contributed by atoms with E-state index in [1.807, 2.05) is 54.6 Å². The number of nitrogens with zero attached hydrogens (tertiary/aromatic N) is 4. The minimum Gasteiger partial charge on any atom is -0.369 e. The number of aromatic nitrogens is 2. The SMILES string of the molecule is CCN1CCN(c2ccc(C(=O)Nc3n[nH]c4c3CN(C(=O)C(OC)c3ccccc3)C4)cc2)CC1. The van der Waals surface area contributed by atoms with E-state index in [0.29, 0.717) is 24.5 Å². The van der Waals surface area contributed by atoms with Crippen molar-refractivity contribution in [2.75, 3.05) is 50.1 Å². The highest BCUT2D eigenvalue weighted by Crippen LogP contribution is 2.31. The van der Waals surface area contributed by atoms with Crippen LogP contribution < -0.4 is 10.2 Å². The zero-order valence-electron chi connectivity index (χ0n) is 20.7. The largest absolute Gasteiger partial charge is 0.369 e. The van der Waals surface area contributed by atoms with Crippen LogP contribution in [0.2, 0.25) is 0 Å². The van der Waals surface area contributed by atoms with Crippen LogP contribution in [-0.2, 0) is 22.6 Å². The number of fused-ring (bicyclic) bond motifs is 1. The van der Waals surface area contributed by atoms with Gasteiger partial charge in [-0.25, -0.2) is 0 Å². The van der Waals surface area contributed by atoms with Gasteiger partial charge in [0.15, 0.2) is 11.9 Å². The van der Waals surface area contributed by atoms with E-state index in [9.17, 15) is 9.59 Å². The average Bonchev–Trinajstić information content (AvgIpc) is 3.52. The van der Waals surface area contributed by atoms with Crippen LogP contribution in [0, 0.1) is 0 Å². The van der Waals surface area contributed by atoms with Crippen LogP contribution in [0.1, 0.15) is 40.2 Å². The number of piperazine rings is 1. The number of hydrogen-bond donors (Lipinski definition) is 2. The van der Waals surface area contributed by atoms with Gasteiger partial charge in [-0.3, -0.25) is 14.7 Å². The number of likely N-dealkylation sites (N-methyl/N-ethyl adjacent to an activating group) is 1. The van der Waals surface area contributed by atoms with Crippen LogP contribution in [0.15, 0.2) is 54.6 Å². The quantitative estimate of drug-likeness (QED) is 0.531. The van der Waals surface area contributed by atoms with Gasteiger partial charge in [-0.1, -0.05) is 37.3 Å². The molecule has 0 saturated carbocycles. The van der Waals surface area contributed by atoms with Crippen LogP contribution in [0.4, 0.5) is 11.5 Å². The average molecular weight is 489 g/mol. The third kappa shape index (κ3) is 4.84. The summed E-state index contributed by atoms with van der Waals surface area (Å²) in [5, 5.41) is 10.2. The summed E-state index contributed by atoms with van der Waals surface area (Å²) >= 11 is 0. The van der Waals surface area contributed by atoms with E-state index in [1.54, 1.807) is 4.90 Å². The summed E-state index contributed by atoms with van der Waals surface area (Å²) in [7, 11) is 1.54. The van der Waals surface area contributed by atoms with E-state index in [2.05, 4.69) is 32.2 Å². The monoisotopic (exact) mass is 488 g/mol. The van der Waals surface area contributed by atoms with Crippen molar-refractivity contribution in [3.8, 4) is 0 Å². The fourth-order valence-electron chi connectivity index (χ4n) is 4.90. The van der Waals surface area contributed by atoms with Gasteiger partial charge in [0.1, 0.15) is 0 Å². The number of H-pyrrole nitrogens is 1. The van der Waals surface area contributed by atoms with Crippen molar-refractivity contribution in [1.82, 2.24) is 20.0 Å². The molecule has 1 saturated heterocycles. The van der Waals surface area contributed by atoms with Crippen molar-refractivity contribution in [3.05, 3.63) is 77.0 Å². The lowest BCUT2D eigenvalue weighted by molar-refractivity contribution is -0.143. The molecule has 36 heavy (non-hydrogen) atoms. The molecule has 0 bridgehead atoms. The van der Waals surface area contributed by atoms with Crippen LogP contribution in [-0.4, -0.2) is 71.6 Å². The molecule has 5 rings (SSSR count). The zero-order valence-corrected chi connectivity index (χ0v) is 20.7. The van der Waals surface area contributed by atoms with Crippen molar-refractivity contribution in [1.29, 1.82) is 0 Å². The Labute approximate surface area is 211 Å². The molecule has 1 aromatic heterocycles. The lowest BCUT2D eigenvalue weighted by Crippen LogP contribution is -2.46. The molecule has 3 aromatic rings. The first-order valence-electron chi connectivity index (χ1n) is 12.4. The van der Waals surface area contributed by atoms with Crippen LogP contribution >= 0.6 is 0 Å². The number of rotatable bonds is 7. The van der Waals surface area contributed by atoms with E-state index in [4.69, 9.17) is 4.74 Å². The molecule has 2 aromatic carbocycles. The zero-order chi connectivity index (χ0) is 25.1. The Balaban J connectivity index is 1.22. The summed E-state index contributed by atoms with van der Waals surface area (Å²) in [4.78, 5) is 32.6. The van der Waals surface area contributed by atoms with Gasteiger partial charge >= 0.3 is 0 Å². The summed E-state index contributed by atoms with van der Waals surface area (Å²) in [6, 6.07) is 17.1. The van der Waals surface area contributed by atoms with Gasteiger partial charge in [0.2, 0.25) is 0 Å². The second-order valence-corrected chi connectivity index (χ2v) is 9.17. The predicted octanol–water partition coefficient (Wildman–Crippen LogP) is 3.03. The number of benzene rings is 2. The summed E-state index contributed by atoms with van der Waals surface area (Å²) < 4.78 is 5.51. The molecule has 0 spiro atoms. The Bertz CT molecular complexity index is 1200. The summed E-state index contributed by atoms with van der Waals surface area (Å²) in [6.07, 6.45) is -0.676. The number of carbonyl (C=O) groups excluding carboxylic acids is 2. The molecule has 2 aliphatic rings. The number of amides is 2. The molecule has 3 heterocycles. The maximum absolute atomic E-state index is 13.2. The van der Waals surface area contributed by atoms with E-state index >= 15 is 0 Å². The first kappa shape index (κ1) is 24.0. The van der Waals surface area contributed by atoms with Gasteiger partial charge < -0.3 is 24.8 Å². The second-order valence-electron chi connectivity index (χ2n) is 9.17. The molecule has 2 aliphatic heterocycles. The first-order valence-corrected chi connectivity index (χ1v) is 12.4. The van der Waals surface area contributed by atoms with Crippen LogP contribution in [0.3, 0.4) is 0 Å². The standard InChI is InChI=1S/C27H32N6O3/c1-3-31-13-15-32(16-14-31)21-11-9-20(10-12-21)26(34)28-25-22-17-33(18-23(22)29-30-25)27(35)24(36-2)19-7-5-4-6-8-19/h4-12,24H,3,13-18H2,1-2H3,(H2,28,29,30,34). The number of hydrogen-bond acceptors (Lipinski definition) is 6. The van der Waals surface area contributed by atoms with Crippen molar-refractivity contribution in [2.45, 2.75) is 26.1 Å². The highest BCUT2D eigenvalue weighted by molar-refractivity contribution is 6.04. The highest BCUT2D eigenvalue weighted by atomic mass is 16.5. The van der Waals surface area contributed by atoms with Gasteiger partial charge in [-0.15, -0.1) is 0 Å². The maximum atomic E-state index is 13.2. The molecule has 188 valence electrons. The Hall–Kier alpha value is -3.69. The Morgan fingerprint density at radius 2 is 1.75 bits per heavy atom. The summed E-state index contributed by atoms with van der Waals surface area (Å²) in [6.45, 7) is 8.10. The molecule has 1 fully saturated rings. The number of anilines is 2. The summed E-state index contributed by atoms with van der Waals surface area (Å²) in [5.74, 6) is 0.107. The minimum absolute atomic E-state index is 0.124. The summed E-state index contributed by atoms with van der Waals surface area (Å²) in [5.41, 5.74) is 4.15. The van der Waals surface area contributed by atoms with E-state index in [0.717, 1.165) is 55.2 Å². The van der Waals surface area contributed by atoms with Gasteiger partial charge in [-0.05, 0) is 36.4 Å². The van der Waals surface area contributed by atoms with Crippen molar-refractivity contribution < 1.29 is 14.3 Å². The lowest BCUT2D eigenvalue weighted by Gasteiger charge is -2.35. The van der Waals surface area contributed by atoms with Gasteiger partial charge in [0.05, 0.1) is 18.8 Å². The van der Waals surface area contributed by atoms with Gasteiger partial charge in [-0.2, -0.15) is 5.10 Å². The van der Waals surface area contributed by atoms with Crippen LogP contribution in [0.5, 0.6) is 0 Å². The van der Waals surface area contributed by atoms with E-state index in [1.165, 1.54) is 7.11 Å². The minimum atomic E-state index is -0.676. The molecular weight excluding hydrogens is 456 g/mol. The predicted molar refractivity (Wildman–Crippen MR) is 138 cm³/mol. The molecule has 0 radical (unpaired) electrons. The van der Waals surface area contributed by atoms with E-state index < -0.39 is 6.10 Å². The molecular formula is C27H32N6O3. The Morgan fingerprint density at radius 1 is 1.03 bits per heavy atom. The van der Waals surface area contributed by atoms with Crippen molar-refractivity contribution >= 4 is 23.3 Å². The number of methoxy groups -OCH3 is 1. The first-order chi connectivity index (χ1) is 17.6. The number of carbonyl (C=O) groups is 2. The maximum Gasteiger partial charge on any atom is 0.256 e.